The zero-order valence-electron chi connectivity index (χ0n) is 17.3. The average molecular weight is 528 g/mol. The molecule has 1 aromatic rings. The summed E-state index contributed by atoms with van der Waals surface area (Å²) in [6, 6.07) is 4.72. The van der Waals surface area contributed by atoms with Gasteiger partial charge in [0, 0.05) is 44.5 Å². The van der Waals surface area contributed by atoms with E-state index in [1.807, 2.05) is 0 Å². The molecule has 1 aliphatic rings. The van der Waals surface area contributed by atoms with Crippen molar-refractivity contribution >= 4 is 29.9 Å². The Balaban J connectivity index is 0.00000420. The van der Waals surface area contributed by atoms with E-state index < -0.39 is 6.61 Å². The van der Waals surface area contributed by atoms with Crippen LogP contribution in [0.4, 0.5) is 8.78 Å². The molecule has 0 saturated carbocycles. The van der Waals surface area contributed by atoms with Gasteiger partial charge in [-0.05, 0) is 45.1 Å². The first-order valence-corrected chi connectivity index (χ1v) is 9.21. The molecule has 2 N–H and O–H groups in total. The van der Waals surface area contributed by atoms with Gasteiger partial charge >= 0.3 is 6.61 Å². The molecule has 1 aromatic carbocycles. The maximum absolute atomic E-state index is 12.7. The van der Waals surface area contributed by atoms with E-state index in [1.165, 1.54) is 13.2 Å². The molecule has 1 saturated heterocycles. The molecule has 0 bridgehead atoms. The predicted molar refractivity (Wildman–Crippen MR) is 120 cm³/mol. The zero-order valence-corrected chi connectivity index (χ0v) is 19.7. The Labute approximate surface area is 188 Å². The summed E-state index contributed by atoms with van der Waals surface area (Å²) in [5.41, 5.74) is 0.534. The van der Waals surface area contributed by atoms with Crippen molar-refractivity contribution in [3.63, 3.8) is 0 Å². The number of aliphatic imine (C=N–C) groups is 1. The highest BCUT2D eigenvalue weighted by Crippen LogP contribution is 2.26. The Morgan fingerprint density at radius 3 is 2.52 bits per heavy atom. The predicted octanol–water partition coefficient (Wildman–Crippen LogP) is 2.69. The number of rotatable bonds is 8. The highest BCUT2D eigenvalue weighted by atomic mass is 127. The molecule has 2 rings (SSSR count). The SMILES string of the molecule is CN=C(NCc1cc(OC)ccc1OC(F)F)NCC1(N(C)C)CCOCC1.I. The molecule has 1 aliphatic heterocycles. The highest BCUT2D eigenvalue weighted by Gasteiger charge is 2.34. The minimum Gasteiger partial charge on any atom is -0.497 e. The minimum atomic E-state index is -2.89. The first-order chi connectivity index (χ1) is 13.4. The number of benzene rings is 1. The van der Waals surface area contributed by atoms with Crippen LogP contribution in [0.2, 0.25) is 0 Å². The molecule has 0 aromatic heterocycles. The van der Waals surface area contributed by atoms with E-state index in [4.69, 9.17) is 9.47 Å². The summed E-state index contributed by atoms with van der Waals surface area (Å²) in [5.74, 6) is 1.25. The van der Waals surface area contributed by atoms with Crippen molar-refractivity contribution in [2.24, 2.45) is 4.99 Å². The second kappa shape index (κ2) is 12.3. The summed E-state index contributed by atoms with van der Waals surface area (Å²) >= 11 is 0. The number of nitrogens with zero attached hydrogens (tertiary/aromatic N) is 2. The maximum atomic E-state index is 12.7. The molecular weight excluding hydrogens is 497 g/mol. The molecule has 7 nitrogen and oxygen atoms in total. The van der Waals surface area contributed by atoms with Gasteiger partial charge in [0.25, 0.3) is 0 Å². The lowest BCUT2D eigenvalue weighted by Gasteiger charge is -2.43. The number of ether oxygens (including phenoxy) is 3. The molecule has 0 radical (unpaired) electrons. The van der Waals surface area contributed by atoms with E-state index in [1.54, 1.807) is 19.2 Å². The van der Waals surface area contributed by atoms with Crippen molar-refractivity contribution in [2.75, 3.05) is 48.0 Å². The van der Waals surface area contributed by atoms with E-state index in [0.717, 1.165) is 26.1 Å². The minimum absolute atomic E-state index is 0. The van der Waals surface area contributed by atoms with Gasteiger partial charge in [-0.1, -0.05) is 0 Å². The third kappa shape index (κ3) is 7.41. The molecule has 0 amide bonds. The fourth-order valence-electron chi connectivity index (χ4n) is 3.21. The number of alkyl halides is 2. The van der Waals surface area contributed by atoms with Crippen molar-refractivity contribution in [3.05, 3.63) is 23.8 Å². The molecule has 0 unspecified atom stereocenters. The molecular formula is C19H31F2IN4O3. The Bertz CT molecular complexity index is 656. The fourth-order valence-corrected chi connectivity index (χ4v) is 3.21. The molecule has 0 spiro atoms. The van der Waals surface area contributed by atoms with Crippen LogP contribution in [0.5, 0.6) is 11.5 Å². The summed E-state index contributed by atoms with van der Waals surface area (Å²) in [7, 11) is 7.32. The highest BCUT2D eigenvalue weighted by molar-refractivity contribution is 14.0. The number of methoxy groups -OCH3 is 1. The van der Waals surface area contributed by atoms with Crippen molar-refractivity contribution in [1.29, 1.82) is 0 Å². The van der Waals surface area contributed by atoms with Crippen molar-refractivity contribution < 1.29 is 23.0 Å². The quantitative estimate of drug-likeness (QED) is 0.308. The second-order valence-corrected chi connectivity index (χ2v) is 6.86. The van der Waals surface area contributed by atoms with Gasteiger partial charge in [0.05, 0.1) is 7.11 Å². The third-order valence-electron chi connectivity index (χ3n) is 5.11. The first kappa shape index (κ1) is 25.6. The van der Waals surface area contributed by atoms with Gasteiger partial charge < -0.3 is 29.7 Å². The van der Waals surface area contributed by atoms with Crippen LogP contribution in [0.1, 0.15) is 18.4 Å². The van der Waals surface area contributed by atoms with Crippen LogP contribution in [0, 0.1) is 0 Å². The van der Waals surface area contributed by atoms with Crippen LogP contribution >= 0.6 is 24.0 Å². The Hall–Kier alpha value is -1.40. The molecule has 1 fully saturated rings. The molecule has 0 aliphatic carbocycles. The van der Waals surface area contributed by atoms with E-state index in [2.05, 4.69) is 39.4 Å². The molecule has 166 valence electrons. The summed E-state index contributed by atoms with van der Waals surface area (Å²) in [4.78, 5) is 6.45. The lowest BCUT2D eigenvalue weighted by atomic mass is 9.88. The van der Waals surface area contributed by atoms with Crippen LogP contribution < -0.4 is 20.1 Å². The van der Waals surface area contributed by atoms with Gasteiger partial charge in [0.1, 0.15) is 11.5 Å². The third-order valence-corrected chi connectivity index (χ3v) is 5.11. The summed E-state index contributed by atoms with van der Waals surface area (Å²) in [6.07, 6.45) is 1.85. The first-order valence-electron chi connectivity index (χ1n) is 9.21. The van der Waals surface area contributed by atoms with Gasteiger partial charge in [-0.15, -0.1) is 24.0 Å². The van der Waals surface area contributed by atoms with E-state index in [9.17, 15) is 8.78 Å². The van der Waals surface area contributed by atoms with Crippen molar-refractivity contribution in [3.8, 4) is 11.5 Å². The number of guanidine groups is 1. The smallest absolute Gasteiger partial charge is 0.387 e. The second-order valence-electron chi connectivity index (χ2n) is 6.86. The fraction of sp³-hybridized carbons (Fsp3) is 0.632. The normalized spacial score (nSPS) is 16.3. The Morgan fingerprint density at radius 1 is 1.28 bits per heavy atom. The van der Waals surface area contributed by atoms with Gasteiger partial charge in [-0.3, -0.25) is 4.99 Å². The number of halogens is 3. The molecule has 29 heavy (non-hydrogen) atoms. The number of nitrogens with one attached hydrogen (secondary N) is 2. The van der Waals surface area contributed by atoms with Crippen LogP contribution in [-0.4, -0.2) is 71.0 Å². The van der Waals surface area contributed by atoms with Crippen molar-refractivity contribution in [2.45, 2.75) is 31.5 Å². The van der Waals surface area contributed by atoms with Gasteiger partial charge in [0.2, 0.25) is 0 Å². The van der Waals surface area contributed by atoms with Gasteiger partial charge in [-0.25, -0.2) is 0 Å². The Morgan fingerprint density at radius 2 is 1.97 bits per heavy atom. The van der Waals surface area contributed by atoms with Crippen LogP contribution in [0.15, 0.2) is 23.2 Å². The summed E-state index contributed by atoms with van der Waals surface area (Å²) in [6.45, 7) is -0.481. The van der Waals surface area contributed by atoms with E-state index in [-0.39, 0.29) is 41.8 Å². The maximum Gasteiger partial charge on any atom is 0.387 e. The van der Waals surface area contributed by atoms with Crippen LogP contribution in [0.25, 0.3) is 0 Å². The van der Waals surface area contributed by atoms with E-state index in [0.29, 0.717) is 23.8 Å². The van der Waals surface area contributed by atoms with Crippen LogP contribution in [-0.2, 0) is 11.3 Å². The zero-order chi connectivity index (χ0) is 20.6. The lowest BCUT2D eigenvalue weighted by molar-refractivity contribution is -0.0505. The largest absolute Gasteiger partial charge is 0.497 e. The average Bonchev–Trinajstić information content (AvgIpc) is 2.69. The number of likely N-dealkylation sites (N-methyl/N-ethyl adjacent to an activating group) is 1. The monoisotopic (exact) mass is 528 g/mol. The molecule has 10 heteroatoms. The summed E-state index contributed by atoms with van der Waals surface area (Å²) in [5, 5.41) is 6.50. The standard InChI is InChI=1S/C19H30F2N4O3.HI/c1-22-18(24-13-19(25(2)3)7-9-27-10-8-19)23-12-14-11-15(26-4)5-6-16(14)28-17(20)21;/h5-6,11,17H,7-10,12-13H2,1-4H3,(H2,22,23,24);1H. The van der Waals surface area contributed by atoms with E-state index >= 15 is 0 Å². The molecule has 0 atom stereocenters. The number of hydrogen-bond acceptors (Lipinski definition) is 5. The lowest BCUT2D eigenvalue weighted by Crippen LogP contribution is -2.57. The van der Waals surface area contributed by atoms with Gasteiger partial charge in [-0.2, -0.15) is 8.78 Å². The van der Waals surface area contributed by atoms with Crippen LogP contribution in [0.3, 0.4) is 0 Å². The summed E-state index contributed by atoms with van der Waals surface area (Å²) < 4.78 is 40.6. The molecule has 1 heterocycles. The topological polar surface area (TPSA) is 67.4 Å². The Kier molecular flexibility index (Phi) is 10.9. The number of hydrogen-bond donors (Lipinski definition) is 2. The van der Waals surface area contributed by atoms with Crippen molar-refractivity contribution in [1.82, 2.24) is 15.5 Å². The van der Waals surface area contributed by atoms with Gasteiger partial charge in [0.15, 0.2) is 5.96 Å².